The summed E-state index contributed by atoms with van der Waals surface area (Å²) in [7, 11) is 1.39. The van der Waals surface area contributed by atoms with Crippen LogP contribution in [0.3, 0.4) is 0 Å². The second-order valence-corrected chi connectivity index (χ2v) is 8.88. The zero-order valence-corrected chi connectivity index (χ0v) is 16.7. The van der Waals surface area contributed by atoms with Crippen molar-refractivity contribution in [1.29, 1.82) is 0 Å². The molecule has 0 bridgehead atoms. The van der Waals surface area contributed by atoms with Crippen molar-refractivity contribution in [1.82, 2.24) is 0 Å². The van der Waals surface area contributed by atoms with Crippen LogP contribution in [0.25, 0.3) is 22.3 Å². The van der Waals surface area contributed by atoms with E-state index < -0.39 is 0 Å². The van der Waals surface area contributed by atoms with Crippen LogP contribution in [0.2, 0.25) is 0 Å². The molecule has 0 aliphatic heterocycles. The number of benzene rings is 2. The van der Waals surface area contributed by atoms with E-state index in [1.54, 1.807) is 12.1 Å². The molecule has 0 amide bonds. The van der Waals surface area contributed by atoms with Crippen molar-refractivity contribution in [2.45, 2.75) is 51.4 Å². The van der Waals surface area contributed by atoms with Crippen molar-refractivity contribution in [2.24, 2.45) is 0 Å². The van der Waals surface area contributed by atoms with E-state index in [4.69, 9.17) is 9.15 Å². The minimum atomic E-state index is -0.330. The molecule has 27 heavy (non-hydrogen) atoms. The Morgan fingerprint density at radius 3 is 2.11 bits per heavy atom. The molecule has 1 aliphatic carbocycles. The van der Waals surface area contributed by atoms with Gasteiger partial charge in [0.25, 0.3) is 0 Å². The first kappa shape index (κ1) is 17.8. The minimum absolute atomic E-state index is 0.161. The number of carbonyl (C=O) groups excluding carboxylic acids is 1. The summed E-state index contributed by atoms with van der Waals surface area (Å²) in [4.78, 5) is 11.6. The van der Waals surface area contributed by atoms with Gasteiger partial charge in [-0.25, -0.2) is 4.79 Å². The number of hydrogen-bond acceptors (Lipinski definition) is 3. The first-order chi connectivity index (χ1) is 12.7. The van der Waals surface area contributed by atoms with Crippen LogP contribution in [0.4, 0.5) is 0 Å². The monoisotopic (exact) mass is 362 g/mol. The molecule has 3 heteroatoms. The summed E-state index contributed by atoms with van der Waals surface area (Å²) in [6.07, 6.45) is 2.37. The van der Waals surface area contributed by atoms with Crippen LogP contribution in [0, 0.1) is 0 Å². The summed E-state index contributed by atoms with van der Waals surface area (Å²) in [6, 6.07) is 14.0. The molecular formula is C24H26O3. The standard InChI is InChI=1S/C24H26O3/c1-23(2)10-11-24(3,4)19-14-21-17(12-18(19)23)13-20(27-21)15-6-8-16(9-7-15)22(25)26-5/h6-9,12-14H,10-11H2,1-5H3. The first-order valence-corrected chi connectivity index (χ1v) is 9.49. The maximum atomic E-state index is 11.6. The molecule has 0 radical (unpaired) electrons. The summed E-state index contributed by atoms with van der Waals surface area (Å²) < 4.78 is 11.0. The van der Waals surface area contributed by atoms with Gasteiger partial charge in [-0.1, -0.05) is 39.8 Å². The van der Waals surface area contributed by atoms with Crippen molar-refractivity contribution in [3.05, 3.63) is 59.2 Å². The third-order valence-corrected chi connectivity index (χ3v) is 6.08. The van der Waals surface area contributed by atoms with Crippen LogP contribution in [-0.4, -0.2) is 13.1 Å². The lowest BCUT2D eigenvalue weighted by Crippen LogP contribution is -2.33. The van der Waals surface area contributed by atoms with Gasteiger partial charge in [0.05, 0.1) is 12.7 Å². The molecular weight excluding hydrogens is 336 g/mol. The Hall–Kier alpha value is -2.55. The Bertz CT molecular complexity index is 967. The fourth-order valence-corrected chi connectivity index (χ4v) is 4.13. The lowest BCUT2D eigenvalue weighted by molar-refractivity contribution is 0.0600. The van der Waals surface area contributed by atoms with Gasteiger partial charge in [-0.2, -0.15) is 0 Å². The van der Waals surface area contributed by atoms with Gasteiger partial charge >= 0.3 is 5.97 Å². The van der Waals surface area contributed by atoms with E-state index in [0.29, 0.717) is 5.56 Å². The first-order valence-electron chi connectivity index (χ1n) is 9.49. The molecule has 2 aromatic carbocycles. The van der Waals surface area contributed by atoms with Crippen molar-refractivity contribution in [2.75, 3.05) is 7.11 Å². The Labute approximate surface area is 160 Å². The van der Waals surface area contributed by atoms with Gasteiger partial charge in [0.1, 0.15) is 11.3 Å². The van der Waals surface area contributed by atoms with Gasteiger partial charge in [0, 0.05) is 10.9 Å². The molecule has 0 atom stereocenters. The lowest BCUT2D eigenvalue weighted by Gasteiger charge is -2.41. The summed E-state index contributed by atoms with van der Waals surface area (Å²) in [5.74, 6) is 0.489. The molecule has 1 heterocycles. The van der Waals surface area contributed by atoms with E-state index in [1.807, 2.05) is 12.1 Å². The quantitative estimate of drug-likeness (QED) is 0.507. The van der Waals surface area contributed by atoms with Crippen LogP contribution < -0.4 is 0 Å². The highest BCUT2D eigenvalue weighted by molar-refractivity contribution is 5.90. The predicted octanol–water partition coefficient (Wildman–Crippen LogP) is 6.24. The van der Waals surface area contributed by atoms with E-state index in [9.17, 15) is 4.79 Å². The average Bonchev–Trinajstić information content (AvgIpc) is 3.07. The number of ether oxygens (including phenoxy) is 1. The zero-order valence-electron chi connectivity index (χ0n) is 16.7. The number of rotatable bonds is 2. The molecule has 140 valence electrons. The van der Waals surface area contributed by atoms with E-state index in [2.05, 4.69) is 45.9 Å². The Morgan fingerprint density at radius 1 is 0.926 bits per heavy atom. The number of fused-ring (bicyclic) bond motifs is 2. The normalized spacial score (nSPS) is 17.5. The van der Waals surface area contributed by atoms with Crippen LogP contribution >= 0.6 is 0 Å². The number of furan rings is 1. The number of esters is 1. The number of carbonyl (C=O) groups is 1. The van der Waals surface area contributed by atoms with Gasteiger partial charge in [-0.3, -0.25) is 0 Å². The van der Waals surface area contributed by atoms with Crippen LogP contribution in [0.5, 0.6) is 0 Å². The third kappa shape index (κ3) is 2.95. The van der Waals surface area contributed by atoms with Crippen molar-refractivity contribution in [3.63, 3.8) is 0 Å². The van der Waals surface area contributed by atoms with Crippen molar-refractivity contribution >= 4 is 16.9 Å². The molecule has 0 saturated carbocycles. The maximum absolute atomic E-state index is 11.6. The SMILES string of the molecule is COC(=O)c1ccc(-c2cc3cc4c(cc3o2)C(C)(C)CCC4(C)C)cc1. The number of methoxy groups -OCH3 is 1. The van der Waals surface area contributed by atoms with Gasteiger partial charge in [-0.15, -0.1) is 0 Å². The van der Waals surface area contributed by atoms with Gasteiger partial charge in [0.15, 0.2) is 0 Å². The molecule has 0 fully saturated rings. The maximum Gasteiger partial charge on any atom is 0.337 e. The molecule has 1 aromatic heterocycles. The minimum Gasteiger partial charge on any atom is -0.465 e. The predicted molar refractivity (Wildman–Crippen MR) is 108 cm³/mol. The molecule has 3 aromatic rings. The van der Waals surface area contributed by atoms with Crippen LogP contribution in [0.15, 0.2) is 46.9 Å². The smallest absolute Gasteiger partial charge is 0.337 e. The fraction of sp³-hybridized carbons (Fsp3) is 0.375. The Balaban J connectivity index is 1.80. The third-order valence-electron chi connectivity index (χ3n) is 6.08. The molecule has 0 saturated heterocycles. The molecule has 0 N–H and O–H groups in total. The van der Waals surface area contributed by atoms with E-state index in [-0.39, 0.29) is 16.8 Å². The largest absolute Gasteiger partial charge is 0.465 e. The van der Waals surface area contributed by atoms with Crippen molar-refractivity contribution in [3.8, 4) is 11.3 Å². The summed E-state index contributed by atoms with van der Waals surface area (Å²) >= 11 is 0. The average molecular weight is 362 g/mol. The van der Waals surface area contributed by atoms with Gasteiger partial charge in [0.2, 0.25) is 0 Å². The second-order valence-electron chi connectivity index (χ2n) is 8.88. The van der Waals surface area contributed by atoms with Crippen molar-refractivity contribution < 1.29 is 13.9 Å². The lowest BCUT2D eigenvalue weighted by atomic mass is 9.63. The second kappa shape index (κ2) is 5.98. The van der Waals surface area contributed by atoms with E-state index >= 15 is 0 Å². The van der Waals surface area contributed by atoms with Gasteiger partial charge in [-0.05, 0) is 65.1 Å². The van der Waals surface area contributed by atoms with E-state index in [1.165, 1.54) is 31.1 Å². The molecule has 0 spiro atoms. The summed E-state index contributed by atoms with van der Waals surface area (Å²) in [5.41, 5.74) is 5.58. The Morgan fingerprint density at radius 2 is 1.52 bits per heavy atom. The molecule has 3 nitrogen and oxygen atoms in total. The van der Waals surface area contributed by atoms with E-state index in [0.717, 1.165) is 22.3 Å². The highest BCUT2D eigenvalue weighted by Gasteiger charge is 2.37. The fourth-order valence-electron chi connectivity index (χ4n) is 4.13. The zero-order chi connectivity index (χ0) is 19.4. The van der Waals surface area contributed by atoms with Gasteiger partial charge < -0.3 is 9.15 Å². The Kier molecular flexibility index (Phi) is 3.95. The highest BCUT2D eigenvalue weighted by atomic mass is 16.5. The number of hydrogen-bond donors (Lipinski definition) is 0. The van der Waals surface area contributed by atoms with Crippen LogP contribution in [-0.2, 0) is 15.6 Å². The highest BCUT2D eigenvalue weighted by Crippen LogP contribution is 2.47. The van der Waals surface area contributed by atoms with Crippen LogP contribution in [0.1, 0.15) is 62.0 Å². The summed E-state index contributed by atoms with van der Waals surface area (Å²) in [5, 5.41) is 1.13. The molecule has 1 aliphatic rings. The topological polar surface area (TPSA) is 39.4 Å². The molecule has 4 rings (SSSR count). The molecule has 0 unspecified atom stereocenters. The summed E-state index contributed by atoms with van der Waals surface area (Å²) in [6.45, 7) is 9.31.